The second-order valence-corrected chi connectivity index (χ2v) is 4.66. The Balaban J connectivity index is 2.10. The molecule has 3 heteroatoms. The lowest BCUT2D eigenvalue weighted by Gasteiger charge is -2.18. The van der Waals surface area contributed by atoms with Gasteiger partial charge in [0.15, 0.2) is 0 Å². The lowest BCUT2D eigenvalue weighted by atomic mass is 10.0. The van der Waals surface area contributed by atoms with Gasteiger partial charge < -0.3 is 10.6 Å². The predicted molar refractivity (Wildman–Crippen MR) is 74.5 cm³/mol. The van der Waals surface area contributed by atoms with E-state index in [1.165, 1.54) is 11.1 Å². The van der Waals surface area contributed by atoms with Crippen molar-refractivity contribution in [3.05, 3.63) is 41.0 Å². The molecule has 0 aliphatic carbocycles. The van der Waals surface area contributed by atoms with Crippen molar-refractivity contribution in [3.8, 4) is 0 Å². The van der Waals surface area contributed by atoms with Gasteiger partial charge in [-0.25, -0.2) is 0 Å². The van der Waals surface area contributed by atoms with Gasteiger partial charge in [0.05, 0.1) is 0 Å². The van der Waals surface area contributed by atoms with E-state index in [-0.39, 0.29) is 5.91 Å². The van der Waals surface area contributed by atoms with Crippen molar-refractivity contribution in [2.24, 2.45) is 0 Å². The fourth-order valence-corrected chi connectivity index (χ4v) is 2.19. The normalized spacial score (nSPS) is 15.1. The van der Waals surface area contributed by atoms with Crippen LogP contribution in [0.25, 0.3) is 0 Å². The number of hydrogen-bond acceptors (Lipinski definition) is 2. The third kappa shape index (κ3) is 2.99. The van der Waals surface area contributed by atoms with Gasteiger partial charge in [-0.1, -0.05) is 19.1 Å². The molecule has 0 spiro atoms. The molecule has 0 aromatic heterocycles. The second kappa shape index (κ2) is 5.83. The van der Waals surface area contributed by atoms with E-state index < -0.39 is 0 Å². The number of benzene rings is 1. The van der Waals surface area contributed by atoms with Crippen LogP contribution in [-0.4, -0.2) is 12.5 Å². The minimum atomic E-state index is -0.0134. The Morgan fingerprint density at radius 1 is 1.44 bits per heavy atom. The lowest BCUT2D eigenvalue weighted by molar-refractivity contribution is -0.112. The molecule has 96 valence electrons. The van der Waals surface area contributed by atoms with Crippen LogP contribution in [0.3, 0.4) is 0 Å². The Morgan fingerprint density at radius 3 is 3.06 bits per heavy atom. The van der Waals surface area contributed by atoms with E-state index in [2.05, 4.69) is 22.8 Å². The standard InChI is InChI=1S/C15H20N2O/c1-3-4-11(2)15(18)17-14-6-5-12-7-8-16-10-13(12)9-14/h4-6,9,16H,3,7-8,10H2,1-2H3,(H,17,18). The minimum Gasteiger partial charge on any atom is -0.322 e. The predicted octanol–water partition coefficient (Wildman–Crippen LogP) is 2.63. The summed E-state index contributed by atoms with van der Waals surface area (Å²) in [6.45, 7) is 5.81. The second-order valence-electron chi connectivity index (χ2n) is 4.66. The monoisotopic (exact) mass is 244 g/mol. The van der Waals surface area contributed by atoms with Crippen molar-refractivity contribution in [1.82, 2.24) is 5.32 Å². The molecule has 2 N–H and O–H groups in total. The Hall–Kier alpha value is -1.61. The molecule has 0 saturated heterocycles. The number of anilines is 1. The van der Waals surface area contributed by atoms with E-state index in [0.29, 0.717) is 0 Å². The number of allylic oxidation sites excluding steroid dienone is 1. The Morgan fingerprint density at radius 2 is 2.28 bits per heavy atom. The summed E-state index contributed by atoms with van der Waals surface area (Å²) in [5, 5.41) is 6.28. The maximum absolute atomic E-state index is 11.9. The molecule has 0 fully saturated rings. The Kier molecular flexibility index (Phi) is 4.15. The summed E-state index contributed by atoms with van der Waals surface area (Å²) in [5.74, 6) is -0.0134. The highest BCUT2D eigenvalue weighted by molar-refractivity contribution is 6.03. The lowest BCUT2D eigenvalue weighted by Crippen LogP contribution is -2.23. The number of fused-ring (bicyclic) bond motifs is 1. The smallest absolute Gasteiger partial charge is 0.250 e. The van der Waals surface area contributed by atoms with Gasteiger partial charge >= 0.3 is 0 Å². The Labute approximate surface area is 108 Å². The first-order valence-corrected chi connectivity index (χ1v) is 6.51. The molecule has 1 amide bonds. The maximum Gasteiger partial charge on any atom is 0.250 e. The quantitative estimate of drug-likeness (QED) is 0.802. The first-order valence-electron chi connectivity index (χ1n) is 6.51. The molecule has 1 aromatic carbocycles. The fraction of sp³-hybridized carbons (Fsp3) is 0.400. The first kappa shape index (κ1) is 12.8. The van der Waals surface area contributed by atoms with Crippen LogP contribution in [0.5, 0.6) is 0 Å². The summed E-state index contributed by atoms with van der Waals surface area (Å²) in [5.41, 5.74) is 4.32. The van der Waals surface area contributed by atoms with Gasteiger partial charge in [0.2, 0.25) is 0 Å². The van der Waals surface area contributed by atoms with E-state index in [1.54, 1.807) is 0 Å². The Bertz CT molecular complexity index is 477. The summed E-state index contributed by atoms with van der Waals surface area (Å²) in [6.07, 6.45) is 3.89. The number of carbonyl (C=O) groups is 1. The van der Waals surface area contributed by atoms with E-state index in [1.807, 2.05) is 26.0 Å². The number of carbonyl (C=O) groups excluding carboxylic acids is 1. The molecule has 18 heavy (non-hydrogen) atoms. The summed E-state index contributed by atoms with van der Waals surface area (Å²) >= 11 is 0. The summed E-state index contributed by atoms with van der Waals surface area (Å²) in [7, 11) is 0. The van der Waals surface area contributed by atoms with Gasteiger partial charge in [-0.15, -0.1) is 0 Å². The van der Waals surface area contributed by atoms with Crippen LogP contribution < -0.4 is 10.6 Å². The van der Waals surface area contributed by atoms with E-state index >= 15 is 0 Å². The fourth-order valence-electron chi connectivity index (χ4n) is 2.19. The average molecular weight is 244 g/mol. The van der Waals surface area contributed by atoms with Crippen LogP contribution in [-0.2, 0) is 17.8 Å². The van der Waals surface area contributed by atoms with E-state index in [9.17, 15) is 4.79 Å². The average Bonchev–Trinajstić information content (AvgIpc) is 2.39. The zero-order chi connectivity index (χ0) is 13.0. The largest absolute Gasteiger partial charge is 0.322 e. The molecule has 1 aliphatic rings. The molecule has 2 rings (SSSR count). The van der Waals surface area contributed by atoms with Crippen molar-refractivity contribution in [2.75, 3.05) is 11.9 Å². The maximum atomic E-state index is 11.9. The van der Waals surface area contributed by atoms with Gasteiger partial charge in [-0.3, -0.25) is 4.79 Å². The van der Waals surface area contributed by atoms with Crippen molar-refractivity contribution in [1.29, 1.82) is 0 Å². The molecule has 0 radical (unpaired) electrons. The summed E-state index contributed by atoms with van der Waals surface area (Å²) in [4.78, 5) is 11.9. The van der Waals surface area contributed by atoms with Crippen LogP contribution in [0, 0.1) is 0 Å². The van der Waals surface area contributed by atoms with Crippen molar-refractivity contribution in [2.45, 2.75) is 33.2 Å². The van der Waals surface area contributed by atoms with Gasteiger partial charge in [0, 0.05) is 17.8 Å². The third-order valence-electron chi connectivity index (χ3n) is 3.22. The van der Waals surface area contributed by atoms with Gasteiger partial charge in [0.1, 0.15) is 0 Å². The zero-order valence-corrected chi connectivity index (χ0v) is 11.0. The molecule has 0 bridgehead atoms. The van der Waals surface area contributed by atoms with Gasteiger partial charge in [-0.2, -0.15) is 0 Å². The topological polar surface area (TPSA) is 41.1 Å². The van der Waals surface area contributed by atoms with Crippen LogP contribution in [0.4, 0.5) is 5.69 Å². The van der Waals surface area contributed by atoms with Crippen molar-refractivity contribution >= 4 is 11.6 Å². The SMILES string of the molecule is CCC=C(C)C(=O)Nc1ccc2c(c1)CNCC2. The van der Waals surface area contributed by atoms with Gasteiger partial charge in [0.25, 0.3) is 5.91 Å². The molecule has 0 unspecified atom stereocenters. The van der Waals surface area contributed by atoms with Gasteiger partial charge in [-0.05, 0) is 49.6 Å². The summed E-state index contributed by atoms with van der Waals surface area (Å²) in [6, 6.07) is 6.17. The van der Waals surface area contributed by atoms with Crippen molar-refractivity contribution in [3.63, 3.8) is 0 Å². The van der Waals surface area contributed by atoms with E-state index in [0.717, 1.165) is 37.2 Å². The number of nitrogens with one attached hydrogen (secondary N) is 2. The molecule has 0 atom stereocenters. The van der Waals surface area contributed by atoms with E-state index in [4.69, 9.17) is 0 Å². The van der Waals surface area contributed by atoms with Crippen LogP contribution in [0.15, 0.2) is 29.8 Å². The zero-order valence-electron chi connectivity index (χ0n) is 11.0. The molecule has 0 saturated carbocycles. The molecule has 3 nitrogen and oxygen atoms in total. The highest BCUT2D eigenvalue weighted by Crippen LogP contribution is 2.19. The molecular weight excluding hydrogens is 224 g/mol. The molecule has 1 aromatic rings. The van der Waals surface area contributed by atoms with Crippen LogP contribution >= 0.6 is 0 Å². The molecular formula is C15H20N2O. The molecule has 1 aliphatic heterocycles. The minimum absolute atomic E-state index is 0.0134. The number of amides is 1. The summed E-state index contributed by atoms with van der Waals surface area (Å²) < 4.78 is 0. The molecule has 1 heterocycles. The number of rotatable bonds is 3. The highest BCUT2D eigenvalue weighted by Gasteiger charge is 2.10. The van der Waals surface area contributed by atoms with Crippen LogP contribution in [0.2, 0.25) is 0 Å². The number of hydrogen-bond donors (Lipinski definition) is 2. The first-order chi connectivity index (χ1) is 8.70. The van der Waals surface area contributed by atoms with Crippen LogP contribution in [0.1, 0.15) is 31.4 Å². The highest BCUT2D eigenvalue weighted by atomic mass is 16.1. The van der Waals surface area contributed by atoms with Crippen molar-refractivity contribution < 1.29 is 4.79 Å². The third-order valence-corrected chi connectivity index (χ3v) is 3.22.